The molecule has 6 rings (SSSR count). The minimum absolute atomic E-state index is 0. The molecule has 184 valence electrons. The van der Waals surface area contributed by atoms with E-state index < -0.39 is 0 Å². The molecule has 1 amide bonds. The molecule has 4 saturated carbocycles. The van der Waals surface area contributed by atoms with Crippen molar-refractivity contribution in [3.63, 3.8) is 0 Å². The molecule has 4 aliphatic carbocycles. The summed E-state index contributed by atoms with van der Waals surface area (Å²) in [6.45, 7) is 3.84. The van der Waals surface area contributed by atoms with E-state index in [2.05, 4.69) is 22.8 Å². The van der Waals surface area contributed by atoms with E-state index in [0.29, 0.717) is 30.2 Å². The van der Waals surface area contributed by atoms with Crippen LogP contribution in [0.4, 0.5) is 0 Å². The van der Waals surface area contributed by atoms with Crippen LogP contribution in [0.2, 0.25) is 0 Å². The summed E-state index contributed by atoms with van der Waals surface area (Å²) in [5.74, 6) is 3.99. The second kappa shape index (κ2) is 11.0. The number of amides is 1. The molecule has 4 bridgehead atoms. The Balaban J connectivity index is 0.00000274. The van der Waals surface area contributed by atoms with Crippen LogP contribution in [0.15, 0.2) is 48.5 Å². The molecule has 0 radical (unpaired) electrons. The molecule has 0 spiro atoms. The van der Waals surface area contributed by atoms with Crippen molar-refractivity contribution in [3.05, 3.63) is 59.7 Å². The molecule has 2 N–H and O–H groups in total. The number of nitrogens with one attached hydrogen (secondary N) is 2. The first-order valence-corrected chi connectivity index (χ1v) is 12.5. The molecule has 34 heavy (non-hydrogen) atoms. The molecular weight excluding hydrogens is 448 g/mol. The molecule has 0 aromatic heterocycles. The number of halogens is 1. The number of carbonyl (C=O) groups excluding carboxylic acids is 1. The average Bonchev–Trinajstić information content (AvgIpc) is 2.81. The SMILES string of the molecule is CCOc1cc(CNC23CC4CC(CC(C4)C2)C3)ccc1OCC(=O)NCc1ccccc1.Cl. The maximum Gasteiger partial charge on any atom is 0.258 e. The lowest BCUT2D eigenvalue weighted by Gasteiger charge is -2.57. The van der Waals surface area contributed by atoms with Crippen LogP contribution >= 0.6 is 12.4 Å². The van der Waals surface area contributed by atoms with Gasteiger partial charge in [0.1, 0.15) is 0 Å². The smallest absolute Gasteiger partial charge is 0.258 e. The number of ether oxygens (including phenoxy) is 2. The van der Waals surface area contributed by atoms with Crippen LogP contribution in [0.3, 0.4) is 0 Å². The van der Waals surface area contributed by atoms with Gasteiger partial charge in [0.15, 0.2) is 18.1 Å². The van der Waals surface area contributed by atoms with Gasteiger partial charge in [0.2, 0.25) is 0 Å². The van der Waals surface area contributed by atoms with Crippen molar-refractivity contribution in [2.45, 2.75) is 64.1 Å². The molecule has 4 fully saturated rings. The van der Waals surface area contributed by atoms with E-state index in [9.17, 15) is 4.79 Å². The van der Waals surface area contributed by atoms with Crippen LogP contribution < -0.4 is 20.1 Å². The lowest BCUT2D eigenvalue weighted by atomic mass is 9.53. The van der Waals surface area contributed by atoms with Gasteiger partial charge >= 0.3 is 0 Å². The third kappa shape index (κ3) is 5.87. The van der Waals surface area contributed by atoms with Gasteiger partial charge in [-0.25, -0.2) is 0 Å². The second-order valence-electron chi connectivity index (χ2n) is 10.3. The minimum Gasteiger partial charge on any atom is -0.490 e. The summed E-state index contributed by atoms with van der Waals surface area (Å²) < 4.78 is 11.7. The number of rotatable bonds is 10. The molecular formula is C28H37ClN2O3. The zero-order chi connectivity index (χ0) is 22.7. The van der Waals surface area contributed by atoms with Crippen LogP contribution in [0.25, 0.3) is 0 Å². The standard InChI is InChI=1S/C28H36N2O3.ClH/c1-2-32-26-13-21(18-30-28-14-22-10-23(15-28)12-24(11-22)16-28)8-9-25(26)33-19-27(31)29-17-20-6-4-3-5-7-20;/h3-9,13,22-24,30H,2,10-12,14-19H2,1H3,(H,29,31);1H. The van der Waals surface area contributed by atoms with Gasteiger partial charge in [-0.1, -0.05) is 36.4 Å². The molecule has 5 nitrogen and oxygen atoms in total. The van der Waals surface area contributed by atoms with Gasteiger partial charge in [0.25, 0.3) is 5.91 Å². The Bertz CT molecular complexity index is 930. The Labute approximate surface area is 209 Å². The van der Waals surface area contributed by atoms with Crippen molar-refractivity contribution in [2.75, 3.05) is 13.2 Å². The minimum atomic E-state index is -0.145. The molecule has 6 heteroatoms. The van der Waals surface area contributed by atoms with Crippen molar-refractivity contribution >= 4 is 18.3 Å². The monoisotopic (exact) mass is 484 g/mol. The summed E-state index contributed by atoms with van der Waals surface area (Å²) in [4.78, 5) is 12.2. The van der Waals surface area contributed by atoms with Gasteiger partial charge in [-0.15, -0.1) is 12.4 Å². The van der Waals surface area contributed by atoms with Gasteiger partial charge in [0.05, 0.1) is 6.61 Å². The van der Waals surface area contributed by atoms with Crippen LogP contribution in [0.5, 0.6) is 11.5 Å². The first-order valence-electron chi connectivity index (χ1n) is 12.5. The molecule has 4 aliphatic rings. The quantitative estimate of drug-likeness (QED) is 0.483. The van der Waals surface area contributed by atoms with Crippen LogP contribution in [-0.4, -0.2) is 24.7 Å². The fourth-order valence-corrected chi connectivity index (χ4v) is 6.66. The molecule has 0 heterocycles. The number of carbonyl (C=O) groups is 1. The Morgan fingerprint density at radius 2 is 1.56 bits per heavy atom. The predicted octanol–water partition coefficient (Wildman–Crippen LogP) is 5.26. The molecule has 0 unspecified atom stereocenters. The van der Waals surface area contributed by atoms with Gasteiger partial charge < -0.3 is 20.1 Å². The van der Waals surface area contributed by atoms with Gasteiger partial charge in [0, 0.05) is 18.6 Å². The van der Waals surface area contributed by atoms with E-state index >= 15 is 0 Å². The van der Waals surface area contributed by atoms with Crippen molar-refractivity contribution in [1.82, 2.24) is 10.6 Å². The first-order chi connectivity index (χ1) is 16.1. The molecule has 0 aliphatic heterocycles. The first kappa shape index (κ1) is 24.9. The highest BCUT2D eigenvalue weighted by Crippen LogP contribution is 2.55. The van der Waals surface area contributed by atoms with Gasteiger partial charge in [-0.05, 0) is 86.5 Å². The highest BCUT2D eigenvalue weighted by atomic mass is 35.5. The average molecular weight is 485 g/mol. The number of hydrogen-bond acceptors (Lipinski definition) is 4. The molecule has 0 saturated heterocycles. The zero-order valence-electron chi connectivity index (χ0n) is 20.1. The number of benzene rings is 2. The summed E-state index contributed by atoms with van der Waals surface area (Å²) in [5, 5.41) is 6.86. The summed E-state index contributed by atoms with van der Waals surface area (Å²) in [5.41, 5.74) is 2.61. The maximum absolute atomic E-state index is 12.2. The third-order valence-electron chi connectivity index (χ3n) is 7.70. The summed E-state index contributed by atoms with van der Waals surface area (Å²) >= 11 is 0. The second-order valence-corrected chi connectivity index (χ2v) is 10.3. The van der Waals surface area contributed by atoms with E-state index in [1.54, 1.807) is 0 Å². The van der Waals surface area contributed by atoms with Gasteiger partial charge in [-0.3, -0.25) is 4.79 Å². The van der Waals surface area contributed by atoms with E-state index in [0.717, 1.165) is 29.9 Å². The topological polar surface area (TPSA) is 59.6 Å². The highest BCUT2D eigenvalue weighted by Gasteiger charge is 2.50. The lowest BCUT2D eigenvalue weighted by Crippen LogP contribution is -2.58. The Morgan fingerprint density at radius 1 is 0.882 bits per heavy atom. The molecule has 2 aromatic rings. The Kier molecular flexibility index (Phi) is 8.05. The Morgan fingerprint density at radius 3 is 2.21 bits per heavy atom. The normalized spacial score (nSPS) is 26.6. The predicted molar refractivity (Wildman–Crippen MR) is 136 cm³/mol. The molecule has 2 aromatic carbocycles. The maximum atomic E-state index is 12.2. The fraction of sp³-hybridized carbons (Fsp3) is 0.536. The van der Waals surface area contributed by atoms with Crippen molar-refractivity contribution in [2.24, 2.45) is 17.8 Å². The Hall–Kier alpha value is -2.24. The van der Waals surface area contributed by atoms with Crippen molar-refractivity contribution in [1.29, 1.82) is 0 Å². The van der Waals surface area contributed by atoms with Crippen LogP contribution in [0, 0.1) is 17.8 Å². The van der Waals surface area contributed by atoms with E-state index in [1.807, 2.05) is 43.3 Å². The number of hydrogen-bond donors (Lipinski definition) is 2. The highest BCUT2D eigenvalue weighted by molar-refractivity contribution is 5.85. The zero-order valence-corrected chi connectivity index (χ0v) is 20.9. The van der Waals surface area contributed by atoms with E-state index in [4.69, 9.17) is 9.47 Å². The van der Waals surface area contributed by atoms with Crippen molar-refractivity contribution in [3.8, 4) is 11.5 Å². The summed E-state index contributed by atoms with van der Waals surface area (Å²) in [6, 6.07) is 16.0. The summed E-state index contributed by atoms with van der Waals surface area (Å²) in [7, 11) is 0. The van der Waals surface area contributed by atoms with Crippen LogP contribution in [0.1, 0.15) is 56.6 Å². The lowest BCUT2D eigenvalue weighted by molar-refractivity contribution is -0.123. The van der Waals surface area contributed by atoms with Crippen molar-refractivity contribution < 1.29 is 14.3 Å². The fourth-order valence-electron chi connectivity index (χ4n) is 6.66. The third-order valence-corrected chi connectivity index (χ3v) is 7.70. The molecule has 0 atom stereocenters. The van der Waals surface area contributed by atoms with Gasteiger partial charge in [-0.2, -0.15) is 0 Å². The summed E-state index contributed by atoms with van der Waals surface area (Å²) in [6.07, 6.45) is 8.41. The van der Waals surface area contributed by atoms with E-state index in [1.165, 1.54) is 44.1 Å². The van der Waals surface area contributed by atoms with Crippen LogP contribution in [-0.2, 0) is 17.9 Å². The van der Waals surface area contributed by atoms with E-state index in [-0.39, 0.29) is 24.9 Å². The largest absolute Gasteiger partial charge is 0.490 e.